The Morgan fingerprint density at radius 3 is 2.86 bits per heavy atom. The van der Waals surface area contributed by atoms with E-state index in [-0.39, 0.29) is 16.0 Å². The van der Waals surface area contributed by atoms with Gasteiger partial charge in [0, 0.05) is 11.2 Å². The van der Waals surface area contributed by atoms with Crippen LogP contribution in [-0.2, 0) is 9.59 Å². The summed E-state index contributed by atoms with van der Waals surface area (Å²) in [5.41, 5.74) is 0. The maximum atomic E-state index is 11.5. The molecule has 0 aromatic rings. The molecule has 0 saturated carbocycles. The monoisotopic (exact) mass is 215 g/mol. The zero-order chi connectivity index (χ0) is 10.5. The van der Waals surface area contributed by atoms with E-state index in [2.05, 4.69) is 0 Å². The van der Waals surface area contributed by atoms with Crippen LogP contribution >= 0.6 is 11.8 Å². The van der Waals surface area contributed by atoms with Crippen LogP contribution in [0.2, 0.25) is 0 Å². The predicted molar refractivity (Wildman–Crippen MR) is 53.0 cm³/mol. The quantitative estimate of drug-likeness (QED) is 0.706. The van der Waals surface area contributed by atoms with Crippen LogP contribution in [0.3, 0.4) is 0 Å². The van der Waals surface area contributed by atoms with E-state index in [0.717, 1.165) is 6.42 Å². The first-order valence-electron chi connectivity index (χ1n) is 4.65. The zero-order valence-electron chi connectivity index (χ0n) is 8.19. The molecule has 2 aliphatic heterocycles. The van der Waals surface area contributed by atoms with E-state index in [1.165, 1.54) is 0 Å². The molecule has 2 heterocycles. The Morgan fingerprint density at radius 2 is 2.29 bits per heavy atom. The first-order valence-corrected chi connectivity index (χ1v) is 5.53. The summed E-state index contributed by atoms with van der Waals surface area (Å²) in [6, 6.07) is -0.660. The molecule has 4 nitrogen and oxygen atoms in total. The number of rotatable bonds is 1. The van der Waals surface area contributed by atoms with Crippen LogP contribution in [0.1, 0.15) is 26.7 Å². The van der Waals surface area contributed by atoms with Gasteiger partial charge >= 0.3 is 5.97 Å². The molecule has 1 amide bonds. The van der Waals surface area contributed by atoms with Gasteiger partial charge in [0.05, 0.1) is 5.37 Å². The summed E-state index contributed by atoms with van der Waals surface area (Å²) in [4.78, 5) is 24.2. The van der Waals surface area contributed by atoms with Gasteiger partial charge in [-0.2, -0.15) is 0 Å². The van der Waals surface area contributed by atoms with Gasteiger partial charge in [-0.25, -0.2) is 4.79 Å². The summed E-state index contributed by atoms with van der Waals surface area (Å²) in [6.07, 6.45) is 1.29. The second-order valence-corrected chi connectivity index (χ2v) is 6.09. The van der Waals surface area contributed by atoms with Crippen molar-refractivity contribution in [3.8, 4) is 0 Å². The fourth-order valence-electron chi connectivity index (χ4n) is 2.27. The summed E-state index contributed by atoms with van der Waals surface area (Å²) in [5.74, 6) is -0.902. The van der Waals surface area contributed by atoms with Crippen molar-refractivity contribution in [3.63, 3.8) is 0 Å². The molecule has 2 rings (SSSR count). The number of amides is 1. The van der Waals surface area contributed by atoms with Gasteiger partial charge in [0.15, 0.2) is 0 Å². The summed E-state index contributed by atoms with van der Waals surface area (Å²) in [5, 5.41) is 9.19. The molecule has 0 radical (unpaired) electrons. The van der Waals surface area contributed by atoms with Crippen molar-refractivity contribution < 1.29 is 14.7 Å². The van der Waals surface area contributed by atoms with E-state index >= 15 is 0 Å². The molecule has 2 fully saturated rings. The Morgan fingerprint density at radius 1 is 1.64 bits per heavy atom. The molecule has 5 heteroatoms. The SMILES string of the molecule is CC1(C)SC2CCC(=O)N2C1C(=O)O. The molecule has 0 aliphatic carbocycles. The highest BCUT2D eigenvalue weighted by molar-refractivity contribution is 8.01. The van der Waals surface area contributed by atoms with E-state index in [4.69, 9.17) is 5.11 Å². The fraction of sp³-hybridized carbons (Fsp3) is 0.778. The normalized spacial score (nSPS) is 34.7. The van der Waals surface area contributed by atoms with Crippen molar-refractivity contribution in [1.82, 2.24) is 4.90 Å². The first-order chi connectivity index (χ1) is 6.43. The number of carbonyl (C=O) groups is 2. The standard InChI is InChI=1S/C9H13NO3S/c1-9(2)7(8(12)13)10-5(11)3-4-6(10)14-9/h6-7H,3-4H2,1-2H3,(H,12,13). The number of hydrogen-bond donors (Lipinski definition) is 1. The molecular formula is C9H13NO3S. The lowest BCUT2D eigenvalue weighted by molar-refractivity contribution is -0.148. The lowest BCUT2D eigenvalue weighted by atomic mass is 10.0. The highest BCUT2D eigenvalue weighted by Gasteiger charge is 2.55. The number of thioether (sulfide) groups is 1. The minimum Gasteiger partial charge on any atom is -0.480 e. The van der Waals surface area contributed by atoms with E-state index < -0.39 is 12.0 Å². The van der Waals surface area contributed by atoms with E-state index in [1.54, 1.807) is 16.7 Å². The van der Waals surface area contributed by atoms with Gasteiger partial charge in [0.1, 0.15) is 6.04 Å². The number of hydrogen-bond acceptors (Lipinski definition) is 3. The Balaban J connectivity index is 2.34. The lowest BCUT2D eigenvalue weighted by Crippen LogP contribution is -2.48. The molecule has 1 N–H and O–H groups in total. The molecule has 0 aromatic carbocycles. The predicted octanol–water partition coefficient (Wildman–Crippen LogP) is 0.913. The number of carboxylic acids is 1. The molecule has 0 spiro atoms. The van der Waals surface area contributed by atoms with Gasteiger partial charge in [0.2, 0.25) is 5.91 Å². The van der Waals surface area contributed by atoms with Crippen LogP contribution < -0.4 is 0 Å². The Bertz CT molecular complexity index is 302. The Labute approximate surface area is 86.6 Å². The summed E-state index contributed by atoms with van der Waals surface area (Å²) < 4.78 is -0.368. The van der Waals surface area contributed by atoms with Crippen molar-refractivity contribution in [2.75, 3.05) is 0 Å². The van der Waals surface area contributed by atoms with Crippen molar-refractivity contribution >= 4 is 23.6 Å². The molecule has 2 saturated heterocycles. The Kier molecular flexibility index (Phi) is 2.03. The first kappa shape index (κ1) is 9.83. The van der Waals surface area contributed by atoms with Gasteiger partial charge in [-0.05, 0) is 20.3 Å². The number of carboxylic acid groups (broad SMARTS) is 1. The molecule has 0 aromatic heterocycles. The summed E-state index contributed by atoms with van der Waals surface area (Å²) >= 11 is 1.60. The highest BCUT2D eigenvalue weighted by atomic mass is 32.2. The van der Waals surface area contributed by atoms with Crippen molar-refractivity contribution in [1.29, 1.82) is 0 Å². The molecule has 2 atom stereocenters. The van der Waals surface area contributed by atoms with Crippen molar-refractivity contribution in [2.24, 2.45) is 0 Å². The zero-order valence-corrected chi connectivity index (χ0v) is 9.00. The van der Waals surface area contributed by atoms with Crippen LogP contribution in [0.5, 0.6) is 0 Å². The second-order valence-electron chi connectivity index (χ2n) is 4.26. The third-order valence-electron chi connectivity index (χ3n) is 2.81. The summed E-state index contributed by atoms with van der Waals surface area (Å²) in [7, 11) is 0. The molecule has 14 heavy (non-hydrogen) atoms. The molecule has 0 bridgehead atoms. The summed E-state index contributed by atoms with van der Waals surface area (Å²) in [6.45, 7) is 3.78. The van der Waals surface area contributed by atoms with E-state index in [0.29, 0.717) is 6.42 Å². The molecule has 2 aliphatic rings. The maximum absolute atomic E-state index is 11.5. The molecule has 2 unspecified atom stereocenters. The van der Waals surface area contributed by atoms with Crippen molar-refractivity contribution in [2.45, 2.75) is 42.9 Å². The maximum Gasteiger partial charge on any atom is 0.327 e. The number of aliphatic carboxylic acids is 1. The minimum atomic E-state index is -0.889. The van der Waals surface area contributed by atoms with Crippen LogP contribution in [-0.4, -0.2) is 38.0 Å². The van der Waals surface area contributed by atoms with Gasteiger partial charge < -0.3 is 10.0 Å². The number of carbonyl (C=O) groups excluding carboxylic acids is 1. The van der Waals surface area contributed by atoms with Gasteiger partial charge in [0.25, 0.3) is 0 Å². The molecular weight excluding hydrogens is 202 g/mol. The number of nitrogens with zero attached hydrogens (tertiary/aromatic N) is 1. The average Bonchev–Trinajstić information content (AvgIpc) is 2.47. The molecule has 78 valence electrons. The van der Waals surface area contributed by atoms with Gasteiger partial charge in [-0.3, -0.25) is 4.79 Å². The van der Waals surface area contributed by atoms with Crippen molar-refractivity contribution in [3.05, 3.63) is 0 Å². The fourth-order valence-corrected chi connectivity index (χ4v) is 3.90. The lowest BCUT2D eigenvalue weighted by Gasteiger charge is -2.26. The third-order valence-corrected chi connectivity index (χ3v) is 4.38. The van der Waals surface area contributed by atoms with Crippen LogP contribution in [0.25, 0.3) is 0 Å². The second kappa shape index (κ2) is 2.89. The van der Waals surface area contributed by atoms with Gasteiger partial charge in [-0.15, -0.1) is 11.8 Å². The average molecular weight is 215 g/mol. The smallest absolute Gasteiger partial charge is 0.327 e. The Hall–Kier alpha value is -0.710. The minimum absolute atomic E-state index is 0.0134. The van der Waals surface area contributed by atoms with Gasteiger partial charge in [-0.1, -0.05) is 0 Å². The largest absolute Gasteiger partial charge is 0.480 e. The third kappa shape index (κ3) is 1.22. The van der Waals surface area contributed by atoms with Crippen LogP contribution in [0, 0.1) is 0 Å². The van der Waals surface area contributed by atoms with Crippen LogP contribution in [0.4, 0.5) is 0 Å². The number of fused-ring (bicyclic) bond motifs is 1. The topological polar surface area (TPSA) is 57.6 Å². The van der Waals surface area contributed by atoms with E-state index in [1.807, 2.05) is 13.8 Å². The highest BCUT2D eigenvalue weighted by Crippen LogP contribution is 2.48. The van der Waals surface area contributed by atoms with Crippen LogP contribution in [0.15, 0.2) is 0 Å². The van der Waals surface area contributed by atoms with E-state index in [9.17, 15) is 9.59 Å².